The molecular weight excluding hydrogens is 349 g/mol. The second-order valence-corrected chi connectivity index (χ2v) is 5.92. The van der Waals surface area contributed by atoms with Crippen LogP contribution in [0, 0.1) is 0 Å². The smallest absolute Gasteiger partial charge is 0.246 e. The molecule has 0 aliphatic heterocycles. The van der Waals surface area contributed by atoms with E-state index in [1.165, 1.54) is 7.05 Å². The summed E-state index contributed by atoms with van der Waals surface area (Å²) in [6.45, 7) is 0.0137. The van der Waals surface area contributed by atoms with E-state index in [4.69, 9.17) is 23.2 Å². The highest BCUT2D eigenvalue weighted by Crippen LogP contribution is 2.23. The summed E-state index contributed by atoms with van der Waals surface area (Å²) in [4.78, 5) is 24.1. The van der Waals surface area contributed by atoms with Crippen LogP contribution >= 0.6 is 23.2 Å². The van der Waals surface area contributed by atoms with E-state index >= 15 is 0 Å². The first-order chi connectivity index (χ1) is 11.5. The van der Waals surface area contributed by atoms with Crippen molar-refractivity contribution in [2.45, 2.75) is 6.04 Å². The van der Waals surface area contributed by atoms with Crippen LogP contribution < -0.4 is 16.0 Å². The van der Waals surface area contributed by atoms with E-state index in [1.807, 2.05) is 30.3 Å². The lowest BCUT2D eigenvalue weighted by atomic mass is 10.1. The van der Waals surface area contributed by atoms with Crippen LogP contribution in [0.1, 0.15) is 11.6 Å². The van der Waals surface area contributed by atoms with E-state index in [-0.39, 0.29) is 18.4 Å². The van der Waals surface area contributed by atoms with E-state index in [2.05, 4.69) is 16.0 Å². The zero-order valence-corrected chi connectivity index (χ0v) is 14.5. The lowest BCUT2D eigenvalue weighted by Crippen LogP contribution is -2.39. The van der Waals surface area contributed by atoms with Gasteiger partial charge in [0.25, 0.3) is 0 Å². The molecule has 0 spiro atoms. The number of likely N-dealkylation sites (N-methyl/N-ethyl adjacent to an activating group) is 1. The summed E-state index contributed by atoms with van der Waals surface area (Å²) in [5.74, 6) is -0.530. The maximum Gasteiger partial charge on any atom is 0.246 e. The molecule has 0 aliphatic rings. The highest BCUT2D eigenvalue weighted by Gasteiger charge is 2.21. The molecular formula is C17H17Cl2N3O2. The molecule has 0 bridgehead atoms. The van der Waals surface area contributed by atoms with Crippen LogP contribution in [0.15, 0.2) is 48.5 Å². The number of halogens is 2. The molecule has 2 aromatic carbocycles. The average molecular weight is 366 g/mol. The average Bonchev–Trinajstić information content (AvgIpc) is 2.54. The number of rotatable bonds is 6. The van der Waals surface area contributed by atoms with Crippen molar-refractivity contribution >= 4 is 40.7 Å². The SMILES string of the molecule is CNC(=O)CN[C@@H](C(=O)Nc1cc(Cl)cc(Cl)c1)c1ccccc1. The topological polar surface area (TPSA) is 70.2 Å². The number of amides is 2. The predicted molar refractivity (Wildman–Crippen MR) is 96.3 cm³/mol. The van der Waals surface area contributed by atoms with Gasteiger partial charge < -0.3 is 10.6 Å². The summed E-state index contributed by atoms with van der Waals surface area (Å²) in [5, 5.41) is 9.06. The summed E-state index contributed by atoms with van der Waals surface area (Å²) in [6, 6.07) is 13.2. The molecule has 0 unspecified atom stereocenters. The molecule has 24 heavy (non-hydrogen) atoms. The molecule has 2 amide bonds. The quantitative estimate of drug-likeness (QED) is 0.736. The minimum absolute atomic E-state index is 0.0137. The molecule has 0 saturated heterocycles. The number of benzene rings is 2. The highest BCUT2D eigenvalue weighted by atomic mass is 35.5. The fourth-order valence-electron chi connectivity index (χ4n) is 2.13. The van der Waals surface area contributed by atoms with Gasteiger partial charge in [0, 0.05) is 22.8 Å². The van der Waals surface area contributed by atoms with Crippen molar-refractivity contribution < 1.29 is 9.59 Å². The molecule has 0 heterocycles. The third kappa shape index (κ3) is 5.23. The molecule has 0 fully saturated rings. The van der Waals surface area contributed by atoms with Gasteiger partial charge in [-0.3, -0.25) is 14.9 Å². The molecule has 3 N–H and O–H groups in total. The van der Waals surface area contributed by atoms with E-state index in [0.29, 0.717) is 15.7 Å². The first-order valence-corrected chi connectivity index (χ1v) is 8.01. The van der Waals surface area contributed by atoms with Crippen molar-refractivity contribution in [1.29, 1.82) is 0 Å². The van der Waals surface area contributed by atoms with E-state index in [1.54, 1.807) is 18.2 Å². The Balaban J connectivity index is 2.18. The Bertz CT molecular complexity index is 703. The van der Waals surface area contributed by atoms with Gasteiger partial charge in [0.2, 0.25) is 11.8 Å². The molecule has 126 valence electrons. The fraction of sp³-hybridized carbons (Fsp3) is 0.176. The van der Waals surface area contributed by atoms with Crippen molar-refractivity contribution in [2.24, 2.45) is 0 Å². The van der Waals surface area contributed by atoms with Gasteiger partial charge in [-0.2, -0.15) is 0 Å². The third-order valence-corrected chi connectivity index (χ3v) is 3.71. The lowest BCUT2D eigenvalue weighted by Gasteiger charge is -2.18. The van der Waals surface area contributed by atoms with Crippen LogP contribution in [0.4, 0.5) is 5.69 Å². The van der Waals surface area contributed by atoms with Gasteiger partial charge in [-0.15, -0.1) is 0 Å². The Hall–Kier alpha value is -2.08. The van der Waals surface area contributed by atoms with E-state index < -0.39 is 6.04 Å². The van der Waals surface area contributed by atoms with Gasteiger partial charge in [0.05, 0.1) is 6.54 Å². The number of nitrogens with one attached hydrogen (secondary N) is 3. The molecule has 2 rings (SSSR count). The molecule has 2 aromatic rings. The summed E-state index contributed by atoms with van der Waals surface area (Å²) in [7, 11) is 1.54. The van der Waals surface area contributed by atoms with Crippen LogP contribution in [0.25, 0.3) is 0 Å². The largest absolute Gasteiger partial charge is 0.358 e. The fourth-order valence-corrected chi connectivity index (χ4v) is 2.66. The van der Waals surface area contributed by atoms with Gasteiger partial charge in [-0.05, 0) is 23.8 Å². The number of hydrogen-bond donors (Lipinski definition) is 3. The van der Waals surface area contributed by atoms with Crippen LogP contribution in [-0.2, 0) is 9.59 Å². The maximum atomic E-state index is 12.6. The van der Waals surface area contributed by atoms with Crippen LogP contribution in [0.3, 0.4) is 0 Å². The van der Waals surface area contributed by atoms with Crippen LogP contribution in [-0.4, -0.2) is 25.4 Å². The number of anilines is 1. The Morgan fingerprint density at radius 3 is 2.25 bits per heavy atom. The second-order valence-electron chi connectivity index (χ2n) is 5.05. The lowest BCUT2D eigenvalue weighted by molar-refractivity contribution is -0.120. The minimum Gasteiger partial charge on any atom is -0.358 e. The van der Waals surface area contributed by atoms with Gasteiger partial charge in [-0.25, -0.2) is 0 Å². The Morgan fingerprint density at radius 1 is 1.04 bits per heavy atom. The Labute approximate surface area is 150 Å². The third-order valence-electron chi connectivity index (χ3n) is 3.27. The number of carbonyl (C=O) groups is 2. The molecule has 0 radical (unpaired) electrons. The maximum absolute atomic E-state index is 12.6. The molecule has 0 aromatic heterocycles. The standard InChI is InChI=1S/C17H17Cl2N3O2/c1-20-15(23)10-21-16(11-5-3-2-4-6-11)17(24)22-14-8-12(18)7-13(19)9-14/h2-9,16,21H,10H2,1H3,(H,20,23)(H,22,24)/t16-/m1/s1. The van der Waals surface area contributed by atoms with E-state index in [0.717, 1.165) is 5.56 Å². The summed E-state index contributed by atoms with van der Waals surface area (Å²) in [5.41, 5.74) is 1.23. The van der Waals surface area contributed by atoms with Crippen molar-refractivity contribution in [3.8, 4) is 0 Å². The summed E-state index contributed by atoms with van der Waals surface area (Å²) >= 11 is 11.9. The zero-order chi connectivity index (χ0) is 17.5. The van der Waals surface area contributed by atoms with Crippen molar-refractivity contribution in [1.82, 2.24) is 10.6 Å². The summed E-state index contributed by atoms with van der Waals surface area (Å²) in [6.07, 6.45) is 0. The Morgan fingerprint density at radius 2 is 1.67 bits per heavy atom. The van der Waals surface area contributed by atoms with Crippen molar-refractivity contribution in [3.63, 3.8) is 0 Å². The first-order valence-electron chi connectivity index (χ1n) is 7.25. The molecule has 5 nitrogen and oxygen atoms in total. The van der Waals surface area contributed by atoms with Gasteiger partial charge in [-0.1, -0.05) is 53.5 Å². The Kier molecular flexibility index (Phi) is 6.61. The molecule has 0 aliphatic carbocycles. The predicted octanol–water partition coefficient (Wildman–Crippen LogP) is 3.01. The zero-order valence-electron chi connectivity index (χ0n) is 13.0. The van der Waals surface area contributed by atoms with Crippen LogP contribution in [0.2, 0.25) is 10.0 Å². The van der Waals surface area contributed by atoms with Crippen LogP contribution in [0.5, 0.6) is 0 Å². The minimum atomic E-state index is -0.693. The van der Waals surface area contributed by atoms with Gasteiger partial charge in [0.1, 0.15) is 6.04 Å². The number of carbonyl (C=O) groups excluding carboxylic acids is 2. The van der Waals surface area contributed by atoms with Crippen molar-refractivity contribution in [2.75, 3.05) is 18.9 Å². The second kappa shape index (κ2) is 8.68. The van der Waals surface area contributed by atoms with Crippen molar-refractivity contribution in [3.05, 3.63) is 64.1 Å². The first kappa shape index (κ1) is 18.3. The molecule has 7 heteroatoms. The van der Waals surface area contributed by atoms with E-state index in [9.17, 15) is 9.59 Å². The summed E-state index contributed by atoms with van der Waals surface area (Å²) < 4.78 is 0. The normalized spacial score (nSPS) is 11.6. The molecule has 0 saturated carbocycles. The van der Waals surface area contributed by atoms with Gasteiger partial charge >= 0.3 is 0 Å². The monoisotopic (exact) mass is 365 g/mol. The molecule has 1 atom stereocenters. The number of hydrogen-bond acceptors (Lipinski definition) is 3. The van der Waals surface area contributed by atoms with Gasteiger partial charge in [0.15, 0.2) is 0 Å². The highest BCUT2D eigenvalue weighted by molar-refractivity contribution is 6.35.